The van der Waals surface area contributed by atoms with Crippen molar-refractivity contribution in [3.63, 3.8) is 0 Å². The molecule has 5 heteroatoms. The molecule has 0 aromatic carbocycles. The number of rotatable bonds is 3. The molecule has 0 atom stereocenters. The first-order valence-corrected chi connectivity index (χ1v) is 6.03. The Morgan fingerprint density at radius 1 is 1.25 bits per heavy atom. The van der Waals surface area contributed by atoms with Gasteiger partial charge in [0.05, 0.1) is 6.42 Å². The monoisotopic (exact) mass is 267 g/mol. The maximum atomic E-state index is 11.8. The van der Waals surface area contributed by atoms with Crippen molar-refractivity contribution in [3.8, 4) is 11.8 Å². The highest BCUT2D eigenvalue weighted by Crippen LogP contribution is 2.06. The molecule has 1 amide bonds. The molecule has 0 spiro atoms. The Balaban J connectivity index is 2.01. The molecule has 2 aromatic rings. The number of carbonyl (C=O) groups is 1. The van der Waals surface area contributed by atoms with Crippen LogP contribution < -0.4 is 5.32 Å². The van der Waals surface area contributed by atoms with E-state index in [1.54, 1.807) is 36.7 Å². The molecule has 100 valence electrons. The summed E-state index contributed by atoms with van der Waals surface area (Å²) in [6, 6.07) is 8.78. The zero-order valence-corrected chi connectivity index (χ0v) is 10.7. The molecule has 0 aliphatic carbocycles. The summed E-state index contributed by atoms with van der Waals surface area (Å²) in [6.07, 6.45) is 3.39. The van der Waals surface area contributed by atoms with Crippen molar-refractivity contribution in [1.29, 1.82) is 0 Å². The van der Waals surface area contributed by atoms with Crippen LogP contribution in [0.4, 0.5) is 5.82 Å². The predicted octanol–water partition coefficient (Wildman–Crippen LogP) is 1.00. The number of nitrogens with zero attached hydrogens (tertiary/aromatic N) is 2. The van der Waals surface area contributed by atoms with E-state index in [-0.39, 0.29) is 18.9 Å². The maximum absolute atomic E-state index is 11.8. The quantitative estimate of drug-likeness (QED) is 0.814. The van der Waals surface area contributed by atoms with Gasteiger partial charge in [-0.05, 0) is 24.3 Å². The first-order chi connectivity index (χ1) is 9.78. The van der Waals surface area contributed by atoms with Crippen LogP contribution in [0.15, 0.2) is 42.7 Å². The van der Waals surface area contributed by atoms with Crippen LogP contribution in [0.5, 0.6) is 0 Å². The fourth-order valence-electron chi connectivity index (χ4n) is 1.57. The summed E-state index contributed by atoms with van der Waals surface area (Å²) in [5.41, 5.74) is 1.38. The molecule has 20 heavy (non-hydrogen) atoms. The van der Waals surface area contributed by atoms with Gasteiger partial charge in [-0.2, -0.15) is 0 Å². The number of aliphatic hydroxyl groups excluding tert-OH is 1. The lowest BCUT2D eigenvalue weighted by atomic mass is 10.2. The fraction of sp³-hybridized carbons (Fsp3) is 0.133. The Morgan fingerprint density at radius 3 is 2.90 bits per heavy atom. The average molecular weight is 267 g/mol. The Morgan fingerprint density at radius 2 is 2.15 bits per heavy atom. The Bertz CT molecular complexity index is 645. The summed E-state index contributed by atoms with van der Waals surface area (Å²) in [5.74, 6) is 5.53. The van der Waals surface area contributed by atoms with Gasteiger partial charge in [0.1, 0.15) is 12.4 Å². The highest BCUT2D eigenvalue weighted by molar-refractivity contribution is 5.91. The lowest BCUT2D eigenvalue weighted by Crippen LogP contribution is -2.15. The van der Waals surface area contributed by atoms with E-state index in [0.717, 1.165) is 0 Å². The number of pyridine rings is 2. The highest BCUT2D eigenvalue weighted by atomic mass is 16.2. The standard InChI is InChI=1S/C15H13N3O2/c19-9-3-4-12-6-8-17-14(10-12)18-15(20)11-13-5-1-2-7-16-13/h1-2,5-8,10,19H,9,11H2,(H,17,18,20). The van der Waals surface area contributed by atoms with Crippen molar-refractivity contribution in [2.45, 2.75) is 6.42 Å². The van der Waals surface area contributed by atoms with E-state index < -0.39 is 0 Å². The third-order valence-corrected chi connectivity index (χ3v) is 2.41. The van der Waals surface area contributed by atoms with Crippen LogP contribution in [0.25, 0.3) is 0 Å². The van der Waals surface area contributed by atoms with E-state index in [1.165, 1.54) is 0 Å². The molecule has 0 aliphatic heterocycles. The molecule has 2 heterocycles. The van der Waals surface area contributed by atoms with E-state index >= 15 is 0 Å². The Labute approximate surface area is 116 Å². The first kappa shape index (κ1) is 13.7. The zero-order chi connectivity index (χ0) is 14.2. The first-order valence-electron chi connectivity index (χ1n) is 6.03. The van der Waals surface area contributed by atoms with Gasteiger partial charge in [0.25, 0.3) is 0 Å². The normalized spacial score (nSPS) is 9.45. The van der Waals surface area contributed by atoms with Gasteiger partial charge in [-0.25, -0.2) is 4.98 Å². The second kappa shape index (κ2) is 7.02. The predicted molar refractivity (Wildman–Crippen MR) is 74.8 cm³/mol. The summed E-state index contributed by atoms with van der Waals surface area (Å²) in [6.45, 7) is -0.205. The summed E-state index contributed by atoms with van der Waals surface area (Å²) in [5, 5.41) is 11.3. The van der Waals surface area contributed by atoms with Crippen molar-refractivity contribution in [2.75, 3.05) is 11.9 Å². The average Bonchev–Trinajstić information content (AvgIpc) is 2.46. The number of hydrogen-bond donors (Lipinski definition) is 2. The minimum atomic E-state index is -0.205. The van der Waals surface area contributed by atoms with Crippen molar-refractivity contribution in [2.24, 2.45) is 0 Å². The van der Waals surface area contributed by atoms with E-state index in [0.29, 0.717) is 17.1 Å². The lowest BCUT2D eigenvalue weighted by molar-refractivity contribution is -0.115. The van der Waals surface area contributed by atoms with Crippen LogP contribution >= 0.6 is 0 Å². The fourth-order valence-corrected chi connectivity index (χ4v) is 1.57. The summed E-state index contributed by atoms with van der Waals surface area (Å²) in [7, 11) is 0. The number of hydrogen-bond acceptors (Lipinski definition) is 4. The van der Waals surface area contributed by atoms with Crippen molar-refractivity contribution in [3.05, 3.63) is 54.0 Å². The minimum Gasteiger partial charge on any atom is -0.384 e. The smallest absolute Gasteiger partial charge is 0.231 e. The van der Waals surface area contributed by atoms with Crippen LogP contribution in [0.3, 0.4) is 0 Å². The third kappa shape index (κ3) is 4.19. The molecule has 2 rings (SSSR count). The Kier molecular flexibility index (Phi) is 4.81. The number of amides is 1. The molecule has 0 radical (unpaired) electrons. The van der Waals surface area contributed by atoms with Gasteiger partial charge >= 0.3 is 0 Å². The summed E-state index contributed by atoms with van der Waals surface area (Å²) >= 11 is 0. The second-order valence-corrected chi connectivity index (χ2v) is 3.94. The van der Waals surface area contributed by atoms with Crippen LogP contribution in [0, 0.1) is 11.8 Å². The lowest BCUT2D eigenvalue weighted by Gasteiger charge is -2.04. The highest BCUT2D eigenvalue weighted by Gasteiger charge is 2.05. The second-order valence-electron chi connectivity index (χ2n) is 3.94. The summed E-state index contributed by atoms with van der Waals surface area (Å²) < 4.78 is 0. The largest absolute Gasteiger partial charge is 0.384 e. The molecule has 0 fully saturated rings. The number of aliphatic hydroxyl groups is 1. The number of aromatic nitrogens is 2. The van der Waals surface area contributed by atoms with E-state index in [1.807, 2.05) is 6.07 Å². The van der Waals surface area contributed by atoms with Gasteiger partial charge in [-0.15, -0.1) is 0 Å². The van der Waals surface area contributed by atoms with E-state index in [2.05, 4.69) is 27.1 Å². The number of nitrogens with one attached hydrogen (secondary N) is 1. The van der Waals surface area contributed by atoms with Crippen molar-refractivity contribution < 1.29 is 9.90 Å². The minimum absolute atomic E-state index is 0.190. The van der Waals surface area contributed by atoms with Crippen molar-refractivity contribution >= 4 is 11.7 Å². The van der Waals surface area contributed by atoms with Gasteiger partial charge in [0.15, 0.2) is 0 Å². The van der Waals surface area contributed by atoms with Gasteiger partial charge in [-0.1, -0.05) is 17.9 Å². The maximum Gasteiger partial charge on any atom is 0.231 e. The van der Waals surface area contributed by atoms with Crippen LogP contribution in [0.1, 0.15) is 11.3 Å². The van der Waals surface area contributed by atoms with Crippen LogP contribution in [-0.4, -0.2) is 27.6 Å². The molecule has 0 saturated heterocycles. The molecule has 0 bridgehead atoms. The molecule has 0 unspecified atom stereocenters. The molecule has 5 nitrogen and oxygen atoms in total. The molecule has 2 N–H and O–H groups in total. The Hall–Kier alpha value is -2.71. The van der Waals surface area contributed by atoms with Crippen LogP contribution in [0.2, 0.25) is 0 Å². The molecular weight excluding hydrogens is 254 g/mol. The molecule has 0 saturated carbocycles. The third-order valence-electron chi connectivity index (χ3n) is 2.41. The van der Waals surface area contributed by atoms with Crippen molar-refractivity contribution in [1.82, 2.24) is 9.97 Å². The van der Waals surface area contributed by atoms with E-state index in [9.17, 15) is 4.79 Å². The summed E-state index contributed by atoms with van der Waals surface area (Å²) in [4.78, 5) is 20.0. The molecule has 2 aromatic heterocycles. The van der Waals surface area contributed by atoms with Crippen LogP contribution in [-0.2, 0) is 11.2 Å². The van der Waals surface area contributed by atoms with E-state index in [4.69, 9.17) is 5.11 Å². The number of anilines is 1. The van der Waals surface area contributed by atoms with Gasteiger partial charge < -0.3 is 10.4 Å². The van der Waals surface area contributed by atoms with Gasteiger partial charge in [-0.3, -0.25) is 9.78 Å². The van der Waals surface area contributed by atoms with Gasteiger partial charge in [0.2, 0.25) is 5.91 Å². The zero-order valence-electron chi connectivity index (χ0n) is 10.7. The molecule has 0 aliphatic rings. The SMILES string of the molecule is O=C(Cc1ccccn1)Nc1cc(C#CCO)ccn1. The topological polar surface area (TPSA) is 75.1 Å². The number of carbonyl (C=O) groups excluding carboxylic acids is 1. The molecular formula is C15H13N3O2. The van der Waals surface area contributed by atoms with Gasteiger partial charge in [0, 0.05) is 23.7 Å².